The van der Waals surface area contributed by atoms with Crippen LogP contribution >= 0.6 is 0 Å². The van der Waals surface area contributed by atoms with Gasteiger partial charge in [0.1, 0.15) is 5.52 Å². The number of benzene rings is 1. The molecule has 3 aromatic rings. The van der Waals surface area contributed by atoms with Crippen molar-refractivity contribution in [3.05, 3.63) is 36.7 Å². The number of rotatable bonds is 2. The van der Waals surface area contributed by atoms with Gasteiger partial charge in [0.25, 0.3) is 0 Å². The highest BCUT2D eigenvalue weighted by atomic mass is 32.2. The van der Waals surface area contributed by atoms with E-state index >= 15 is 0 Å². The molecule has 0 atom stereocenters. The smallest absolute Gasteiger partial charge is 0.269 e. The predicted octanol–water partition coefficient (Wildman–Crippen LogP) is 0.973. The fourth-order valence-electron chi connectivity index (χ4n) is 1.76. The van der Waals surface area contributed by atoms with Crippen LogP contribution in [0, 0.1) is 0 Å². The molecule has 0 aliphatic rings. The van der Waals surface area contributed by atoms with Crippen molar-refractivity contribution in [1.82, 2.24) is 14.9 Å². The Kier molecular flexibility index (Phi) is 2.24. The van der Waals surface area contributed by atoms with Gasteiger partial charge in [-0.15, -0.1) is 5.10 Å². The maximum atomic E-state index is 11.1. The molecule has 1 aromatic carbocycles. The first-order valence-electron chi connectivity index (χ1n) is 5.15. The largest absolute Gasteiger partial charge is 0.325 e. The van der Waals surface area contributed by atoms with E-state index in [1.807, 2.05) is 18.2 Å². The maximum absolute atomic E-state index is 11.1. The minimum absolute atomic E-state index is 0.584. The number of hydrogen-bond donors (Lipinski definition) is 0. The molecule has 0 unspecified atom stereocenters. The molecule has 0 aliphatic heterocycles. The molecule has 6 nitrogen and oxygen atoms in total. The number of aromatic nitrogens is 3. The summed E-state index contributed by atoms with van der Waals surface area (Å²) in [4.78, 5) is 5.22. The highest BCUT2D eigenvalue weighted by molar-refractivity contribution is 7.86. The number of pyridine rings is 1. The van der Waals surface area contributed by atoms with E-state index in [1.165, 1.54) is 6.20 Å². The Hall–Kier alpha value is -2.15. The molecule has 18 heavy (non-hydrogen) atoms. The molecular formula is C11H9N3O3S. The van der Waals surface area contributed by atoms with Crippen LogP contribution in [0.3, 0.4) is 0 Å². The van der Waals surface area contributed by atoms with E-state index < -0.39 is 10.1 Å². The van der Waals surface area contributed by atoms with E-state index in [0.717, 1.165) is 27.4 Å². The van der Waals surface area contributed by atoms with Gasteiger partial charge in [-0.3, -0.25) is 9.27 Å². The molecule has 0 aliphatic carbocycles. The molecule has 0 fully saturated rings. The molecule has 2 heterocycles. The zero-order valence-electron chi connectivity index (χ0n) is 9.44. The maximum Gasteiger partial charge on any atom is 0.325 e. The minimum atomic E-state index is -3.61. The molecule has 92 valence electrons. The molecule has 7 heteroatoms. The lowest BCUT2D eigenvalue weighted by Crippen LogP contribution is -2.19. The minimum Gasteiger partial charge on any atom is -0.269 e. The second-order valence-corrected chi connectivity index (χ2v) is 5.46. The molecular weight excluding hydrogens is 254 g/mol. The second-order valence-electron chi connectivity index (χ2n) is 3.90. The quantitative estimate of drug-likeness (QED) is 0.688. The van der Waals surface area contributed by atoms with Crippen molar-refractivity contribution in [2.45, 2.75) is 0 Å². The zero-order chi connectivity index (χ0) is 12.8. The van der Waals surface area contributed by atoms with Gasteiger partial charge in [0.2, 0.25) is 0 Å². The van der Waals surface area contributed by atoms with Crippen LogP contribution < -0.4 is 4.28 Å². The third-order valence-electron chi connectivity index (χ3n) is 2.47. The molecule has 0 N–H and O–H groups in total. The van der Waals surface area contributed by atoms with Crippen molar-refractivity contribution in [3.8, 4) is 0 Å². The molecule has 0 spiro atoms. The number of nitrogens with zero attached hydrogens (tertiary/aromatic N) is 3. The van der Waals surface area contributed by atoms with Gasteiger partial charge in [-0.2, -0.15) is 8.42 Å². The SMILES string of the molecule is CS(=O)(=O)On1ncc2cc3ncccc3cc21. The first-order valence-corrected chi connectivity index (χ1v) is 6.97. The Balaban J connectivity index is 2.27. The summed E-state index contributed by atoms with van der Waals surface area (Å²) in [6.07, 6.45) is 4.21. The van der Waals surface area contributed by atoms with E-state index in [9.17, 15) is 8.42 Å². The van der Waals surface area contributed by atoms with Gasteiger partial charge in [0.05, 0.1) is 18.0 Å². The standard InChI is InChI=1S/C11H9N3O3S/c1-18(15,16)17-14-11-6-8-3-2-4-12-10(8)5-9(11)7-13-14/h2-7H,1H3. The molecule has 0 bridgehead atoms. The number of hydrogen-bond acceptors (Lipinski definition) is 5. The van der Waals surface area contributed by atoms with E-state index in [0.29, 0.717) is 5.52 Å². The van der Waals surface area contributed by atoms with Crippen molar-refractivity contribution in [1.29, 1.82) is 0 Å². The Morgan fingerprint density at radius 3 is 2.89 bits per heavy atom. The Bertz CT molecular complexity index is 839. The Morgan fingerprint density at radius 2 is 2.11 bits per heavy atom. The van der Waals surface area contributed by atoms with E-state index in [2.05, 4.69) is 10.1 Å². The highest BCUT2D eigenvalue weighted by Gasteiger charge is 2.10. The molecule has 0 radical (unpaired) electrons. The lowest BCUT2D eigenvalue weighted by Gasteiger charge is -2.03. The fourth-order valence-corrected chi connectivity index (χ4v) is 2.13. The summed E-state index contributed by atoms with van der Waals surface area (Å²) < 4.78 is 27.0. The van der Waals surface area contributed by atoms with Gasteiger partial charge >= 0.3 is 10.1 Å². The van der Waals surface area contributed by atoms with Crippen molar-refractivity contribution in [3.63, 3.8) is 0 Å². The van der Waals surface area contributed by atoms with Gasteiger partial charge in [-0.1, -0.05) is 10.9 Å². The van der Waals surface area contributed by atoms with Crippen LogP contribution in [-0.2, 0) is 10.1 Å². The predicted molar refractivity (Wildman–Crippen MR) is 66.5 cm³/mol. The first-order chi connectivity index (χ1) is 8.53. The van der Waals surface area contributed by atoms with E-state index in [-0.39, 0.29) is 0 Å². The Labute approximate surface area is 103 Å². The van der Waals surface area contributed by atoms with Crippen LogP contribution in [0.2, 0.25) is 0 Å². The summed E-state index contributed by atoms with van der Waals surface area (Å²) in [6, 6.07) is 7.32. The summed E-state index contributed by atoms with van der Waals surface area (Å²) in [7, 11) is -3.61. The Morgan fingerprint density at radius 1 is 1.28 bits per heavy atom. The third-order valence-corrected chi connectivity index (χ3v) is 2.88. The molecule has 3 rings (SSSR count). The molecule has 2 aromatic heterocycles. The van der Waals surface area contributed by atoms with E-state index in [4.69, 9.17) is 4.28 Å². The summed E-state index contributed by atoms with van der Waals surface area (Å²) in [5.41, 5.74) is 1.41. The molecule has 0 saturated carbocycles. The summed E-state index contributed by atoms with van der Waals surface area (Å²) in [6.45, 7) is 0. The average Bonchev–Trinajstić information content (AvgIpc) is 2.67. The van der Waals surface area contributed by atoms with Crippen LogP contribution in [0.5, 0.6) is 0 Å². The first kappa shape index (κ1) is 11.0. The van der Waals surface area contributed by atoms with Gasteiger partial charge in [-0.05, 0) is 18.2 Å². The van der Waals surface area contributed by atoms with Gasteiger partial charge in [-0.25, -0.2) is 0 Å². The summed E-state index contributed by atoms with van der Waals surface area (Å²) in [5, 5.41) is 5.55. The molecule has 0 saturated heterocycles. The molecule has 0 amide bonds. The summed E-state index contributed by atoms with van der Waals surface area (Å²) in [5.74, 6) is 0. The van der Waals surface area contributed by atoms with Crippen molar-refractivity contribution in [2.75, 3.05) is 6.26 Å². The second kappa shape index (κ2) is 3.67. The van der Waals surface area contributed by atoms with Crippen LogP contribution in [-0.4, -0.2) is 29.6 Å². The van der Waals surface area contributed by atoms with Gasteiger partial charge < -0.3 is 0 Å². The van der Waals surface area contributed by atoms with E-state index in [1.54, 1.807) is 12.3 Å². The normalized spacial score (nSPS) is 12.1. The topological polar surface area (TPSA) is 74.1 Å². The lowest BCUT2D eigenvalue weighted by molar-refractivity contribution is 0.255. The third kappa shape index (κ3) is 1.88. The average molecular weight is 263 g/mol. The van der Waals surface area contributed by atoms with Crippen molar-refractivity contribution < 1.29 is 12.7 Å². The van der Waals surface area contributed by atoms with Crippen molar-refractivity contribution >= 4 is 31.9 Å². The van der Waals surface area contributed by atoms with Crippen LogP contribution in [0.4, 0.5) is 0 Å². The summed E-state index contributed by atoms with van der Waals surface area (Å²) >= 11 is 0. The fraction of sp³-hybridized carbons (Fsp3) is 0.0909. The van der Waals surface area contributed by atoms with Gasteiger partial charge in [0, 0.05) is 17.0 Å². The zero-order valence-corrected chi connectivity index (χ0v) is 10.3. The highest BCUT2D eigenvalue weighted by Crippen LogP contribution is 2.20. The van der Waals surface area contributed by atoms with Crippen LogP contribution in [0.25, 0.3) is 21.8 Å². The number of fused-ring (bicyclic) bond motifs is 2. The lowest BCUT2D eigenvalue weighted by atomic mass is 10.2. The van der Waals surface area contributed by atoms with Crippen LogP contribution in [0.15, 0.2) is 36.7 Å². The van der Waals surface area contributed by atoms with Gasteiger partial charge in [0.15, 0.2) is 0 Å². The monoisotopic (exact) mass is 263 g/mol. The van der Waals surface area contributed by atoms with Crippen LogP contribution in [0.1, 0.15) is 0 Å². The van der Waals surface area contributed by atoms with Crippen molar-refractivity contribution in [2.24, 2.45) is 0 Å².